The van der Waals surface area contributed by atoms with E-state index in [2.05, 4.69) is 4.98 Å². The minimum Gasteiger partial charge on any atom is -0.357 e. The summed E-state index contributed by atoms with van der Waals surface area (Å²) in [5.41, 5.74) is -0.938. The maximum atomic E-state index is 13.6. The highest BCUT2D eigenvalue weighted by Crippen LogP contribution is 2.24. The number of hydrogen-bond acceptors (Lipinski definition) is 3. The Bertz CT molecular complexity index is 1090. The number of H-pyrrole nitrogens is 1. The zero-order chi connectivity index (χ0) is 16.8. The molecule has 0 aliphatic heterocycles. The van der Waals surface area contributed by atoms with Gasteiger partial charge in [-0.05, 0) is 30.3 Å². The summed E-state index contributed by atoms with van der Waals surface area (Å²) in [6.07, 6.45) is 0.917. The third-order valence-electron chi connectivity index (χ3n) is 3.32. The number of fused-ring (bicyclic) bond motifs is 1. The Morgan fingerprint density at radius 3 is 2.48 bits per heavy atom. The van der Waals surface area contributed by atoms with Crippen LogP contribution in [0.1, 0.15) is 0 Å². The van der Waals surface area contributed by atoms with E-state index < -0.39 is 31.8 Å². The predicted molar refractivity (Wildman–Crippen MR) is 81.4 cm³/mol. The molecule has 8 heteroatoms. The summed E-state index contributed by atoms with van der Waals surface area (Å²) in [6.45, 7) is 0. The van der Waals surface area contributed by atoms with Gasteiger partial charge in [0.1, 0.15) is 16.5 Å². The summed E-state index contributed by atoms with van der Waals surface area (Å²) in [5, 5.41) is -0.478. The average molecular weight is 356 g/mol. The zero-order valence-corrected chi connectivity index (χ0v) is 12.9. The van der Waals surface area contributed by atoms with Crippen LogP contribution < -0.4 is 5.43 Å². The van der Waals surface area contributed by atoms with Crippen LogP contribution in [0.5, 0.6) is 0 Å². The number of para-hydroxylation sites is 1. The second-order valence-corrected chi connectivity index (χ2v) is 7.05. The molecule has 0 aliphatic carbocycles. The molecule has 23 heavy (non-hydrogen) atoms. The monoisotopic (exact) mass is 355 g/mol. The van der Waals surface area contributed by atoms with E-state index >= 15 is 0 Å². The average Bonchev–Trinajstić information content (AvgIpc) is 2.51. The van der Waals surface area contributed by atoms with E-state index in [1.807, 2.05) is 0 Å². The van der Waals surface area contributed by atoms with Crippen molar-refractivity contribution < 1.29 is 17.2 Å². The fourth-order valence-electron chi connectivity index (χ4n) is 2.17. The molecule has 118 valence electrons. The number of nitrogens with one attached hydrogen (secondary N) is 1. The maximum absolute atomic E-state index is 13.6. The van der Waals surface area contributed by atoms with Crippen LogP contribution in [0.2, 0.25) is 5.02 Å². The highest BCUT2D eigenvalue weighted by atomic mass is 35.5. The first kappa shape index (κ1) is 15.6. The molecule has 2 aromatic carbocycles. The Hall–Kier alpha value is -2.25. The minimum atomic E-state index is -4.23. The molecule has 0 unspecified atom stereocenters. The van der Waals surface area contributed by atoms with Crippen LogP contribution in [0.3, 0.4) is 0 Å². The number of rotatable bonds is 2. The van der Waals surface area contributed by atoms with Gasteiger partial charge in [-0.25, -0.2) is 17.2 Å². The number of pyridine rings is 1. The van der Waals surface area contributed by atoms with Gasteiger partial charge in [0.25, 0.3) is 0 Å². The van der Waals surface area contributed by atoms with Gasteiger partial charge in [-0.1, -0.05) is 17.7 Å². The Morgan fingerprint density at radius 2 is 1.78 bits per heavy atom. The molecule has 1 N–H and O–H groups in total. The molecule has 0 fully saturated rings. The number of sulfone groups is 1. The lowest BCUT2D eigenvalue weighted by molar-refractivity contribution is 0.593. The molecule has 1 heterocycles. The molecule has 0 bridgehead atoms. The van der Waals surface area contributed by atoms with Crippen molar-refractivity contribution in [1.29, 1.82) is 0 Å². The van der Waals surface area contributed by atoms with Crippen LogP contribution in [0.25, 0.3) is 10.9 Å². The fraction of sp³-hybridized carbons (Fsp3) is 0. The molecule has 0 saturated heterocycles. The van der Waals surface area contributed by atoms with Crippen LogP contribution in [0.15, 0.2) is 57.2 Å². The predicted octanol–water partition coefficient (Wildman–Crippen LogP) is 3.29. The van der Waals surface area contributed by atoms with Gasteiger partial charge < -0.3 is 4.98 Å². The number of halogens is 3. The summed E-state index contributed by atoms with van der Waals surface area (Å²) in [6, 6.07) is 6.58. The van der Waals surface area contributed by atoms with E-state index in [1.165, 1.54) is 12.1 Å². The van der Waals surface area contributed by atoms with E-state index in [0.29, 0.717) is 0 Å². The fourth-order valence-corrected chi connectivity index (χ4v) is 3.75. The molecular formula is C15H8ClF2NO3S. The van der Waals surface area contributed by atoms with E-state index in [-0.39, 0.29) is 20.8 Å². The van der Waals surface area contributed by atoms with Crippen LogP contribution in [0, 0.1) is 11.6 Å². The SMILES string of the molecule is O=c1c(S(=O)(=O)c2ccc(F)c(Cl)c2)c[nH]c2c(F)cccc12. The van der Waals surface area contributed by atoms with Crippen molar-refractivity contribution in [1.82, 2.24) is 4.98 Å². The van der Waals surface area contributed by atoms with Crippen molar-refractivity contribution in [2.75, 3.05) is 0 Å². The molecule has 0 saturated carbocycles. The maximum Gasteiger partial charge on any atom is 0.211 e. The summed E-state index contributed by atoms with van der Waals surface area (Å²) in [5.74, 6) is -1.45. The zero-order valence-electron chi connectivity index (χ0n) is 11.3. The van der Waals surface area contributed by atoms with Crippen molar-refractivity contribution in [3.63, 3.8) is 0 Å². The van der Waals surface area contributed by atoms with E-state index in [1.54, 1.807) is 0 Å². The van der Waals surface area contributed by atoms with Gasteiger partial charge in [-0.3, -0.25) is 4.79 Å². The lowest BCUT2D eigenvalue weighted by Crippen LogP contribution is -2.16. The Kier molecular flexibility index (Phi) is 3.69. The standard InChI is InChI=1S/C15H8ClF2NO3S/c16-10-6-8(4-5-11(10)17)23(21,22)13-7-19-14-9(15(13)20)2-1-3-12(14)18/h1-7H,(H,19,20). The molecule has 0 aliphatic rings. The van der Waals surface area contributed by atoms with E-state index in [9.17, 15) is 22.0 Å². The van der Waals surface area contributed by atoms with Crippen molar-refractivity contribution in [3.8, 4) is 0 Å². The van der Waals surface area contributed by atoms with Gasteiger partial charge in [0, 0.05) is 11.6 Å². The van der Waals surface area contributed by atoms with Gasteiger partial charge >= 0.3 is 0 Å². The van der Waals surface area contributed by atoms with Crippen LogP contribution >= 0.6 is 11.6 Å². The molecule has 0 radical (unpaired) electrons. The van der Waals surface area contributed by atoms with Gasteiger partial charge in [-0.15, -0.1) is 0 Å². The van der Waals surface area contributed by atoms with E-state index in [4.69, 9.17) is 11.6 Å². The molecule has 3 aromatic rings. The summed E-state index contributed by atoms with van der Waals surface area (Å²) in [4.78, 5) is 13.9. The summed E-state index contributed by atoms with van der Waals surface area (Å²) in [7, 11) is -4.23. The van der Waals surface area contributed by atoms with Crippen LogP contribution in [-0.4, -0.2) is 13.4 Å². The largest absolute Gasteiger partial charge is 0.357 e. The van der Waals surface area contributed by atoms with E-state index in [0.717, 1.165) is 30.5 Å². The van der Waals surface area contributed by atoms with Crippen molar-refractivity contribution in [3.05, 3.63) is 69.5 Å². The highest BCUT2D eigenvalue weighted by Gasteiger charge is 2.24. The second kappa shape index (κ2) is 5.43. The molecule has 0 atom stereocenters. The first-order valence-electron chi connectivity index (χ1n) is 6.32. The normalized spacial score (nSPS) is 11.8. The molecule has 1 aromatic heterocycles. The molecule has 4 nitrogen and oxygen atoms in total. The van der Waals surface area contributed by atoms with Crippen LogP contribution in [-0.2, 0) is 9.84 Å². The molecule has 3 rings (SSSR count). The number of benzene rings is 2. The summed E-state index contributed by atoms with van der Waals surface area (Å²) >= 11 is 5.59. The number of hydrogen-bond donors (Lipinski definition) is 1. The Balaban J connectivity index is 2.29. The molecular weight excluding hydrogens is 348 g/mol. The van der Waals surface area contributed by atoms with Crippen molar-refractivity contribution in [2.24, 2.45) is 0 Å². The Labute approximate surface area is 134 Å². The van der Waals surface area contributed by atoms with Crippen molar-refractivity contribution in [2.45, 2.75) is 9.79 Å². The van der Waals surface area contributed by atoms with Crippen LogP contribution in [0.4, 0.5) is 8.78 Å². The third-order valence-corrected chi connectivity index (χ3v) is 5.37. The minimum absolute atomic E-state index is 0.0893. The number of aromatic nitrogens is 1. The number of aromatic amines is 1. The van der Waals surface area contributed by atoms with Gasteiger partial charge in [0.2, 0.25) is 15.3 Å². The molecule has 0 amide bonds. The van der Waals surface area contributed by atoms with Crippen molar-refractivity contribution >= 4 is 32.3 Å². The smallest absolute Gasteiger partial charge is 0.211 e. The van der Waals surface area contributed by atoms with Gasteiger partial charge in [-0.2, -0.15) is 0 Å². The Morgan fingerprint density at radius 1 is 1.04 bits per heavy atom. The van der Waals surface area contributed by atoms with Gasteiger partial charge in [0.15, 0.2) is 0 Å². The second-order valence-electron chi connectivity index (χ2n) is 4.72. The van der Waals surface area contributed by atoms with Gasteiger partial charge in [0.05, 0.1) is 15.4 Å². The highest BCUT2D eigenvalue weighted by molar-refractivity contribution is 7.91. The first-order chi connectivity index (χ1) is 10.8. The first-order valence-corrected chi connectivity index (χ1v) is 8.18. The lowest BCUT2D eigenvalue weighted by Gasteiger charge is -2.07. The topological polar surface area (TPSA) is 67.0 Å². The molecule has 0 spiro atoms. The third kappa shape index (κ3) is 2.51. The summed E-state index contributed by atoms with van der Waals surface area (Å²) < 4.78 is 51.9. The lowest BCUT2D eigenvalue weighted by atomic mass is 10.2. The quantitative estimate of drug-likeness (QED) is 0.717.